The van der Waals surface area contributed by atoms with E-state index in [1.54, 1.807) is 18.7 Å². The highest BCUT2D eigenvalue weighted by Gasteiger charge is 2.22. The van der Waals surface area contributed by atoms with Crippen LogP contribution in [0.4, 0.5) is 0 Å². The smallest absolute Gasteiger partial charge is 0.244 e. The van der Waals surface area contributed by atoms with Crippen LogP contribution >= 0.6 is 0 Å². The number of rotatable bonds is 8. The van der Waals surface area contributed by atoms with Gasteiger partial charge in [0.15, 0.2) is 0 Å². The molecule has 0 aliphatic heterocycles. The van der Waals surface area contributed by atoms with Crippen LogP contribution in [0, 0.1) is 13.8 Å². The van der Waals surface area contributed by atoms with Crippen molar-refractivity contribution in [1.29, 1.82) is 0 Å². The predicted octanol–water partition coefficient (Wildman–Crippen LogP) is 0.953. The summed E-state index contributed by atoms with van der Waals surface area (Å²) in [5, 5.41) is 6.54. The van der Waals surface area contributed by atoms with Crippen LogP contribution in [0.2, 0.25) is 0 Å². The molecule has 8 heteroatoms. The number of hydrogen-bond donors (Lipinski definition) is 2. The lowest BCUT2D eigenvalue weighted by Gasteiger charge is -2.20. The highest BCUT2D eigenvalue weighted by Crippen LogP contribution is 2.15. The molecule has 0 bridgehead atoms. The second kappa shape index (κ2) is 7.56. The van der Waals surface area contributed by atoms with Crippen molar-refractivity contribution in [3.8, 4) is 0 Å². The van der Waals surface area contributed by atoms with Gasteiger partial charge < -0.3 is 4.90 Å². The summed E-state index contributed by atoms with van der Waals surface area (Å²) < 4.78 is 27.0. The van der Waals surface area contributed by atoms with Gasteiger partial charge in [0.2, 0.25) is 15.9 Å². The molecule has 1 amide bonds. The Balaban J connectivity index is 2.63. The minimum Gasteiger partial charge on any atom is -0.342 e. The lowest BCUT2D eigenvalue weighted by Crippen LogP contribution is -2.38. The molecule has 0 aromatic carbocycles. The normalized spacial score (nSPS) is 11.6. The predicted molar refractivity (Wildman–Crippen MR) is 80.4 cm³/mol. The first-order valence-electron chi connectivity index (χ1n) is 7.06. The van der Waals surface area contributed by atoms with E-state index in [0.717, 1.165) is 12.8 Å². The number of nitrogens with one attached hydrogen (secondary N) is 2. The Morgan fingerprint density at radius 2 is 2.00 bits per heavy atom. The number of H-pyrrole nitrogens is 1. The Hall–Kier alpha value is -1.41. The van der Waals surface area contributed by atoms with Crippen LogP contribution in [-0.4, -0.2) is 49.1 Å². The molecule has 0 saturated carbocycles. The summed E-state index contributed by atoms with van der Waals surface area (Å²) in [5.41, 5.74) is 0.948. The summed E-state index contributed by atoms with van der Waals surface area (Å²) in [6.45, 7) is 8.05. The Bertz CT molecular complexity index is 561. The first-order valence-corrected chi connectivity index (χ1v) is 8.54. The number of aryl methyl sites for hydroxylation is 2. The van der Waals surface area contributed by atoms with E-state index in [9.17, 15) is 13.2 Å². The first-order chi connectivity index (χ1) is 9.79. The second-order valence-corrected chi connectivity index (χ2v) is 6.72. The molecular weight excluding hydrogens is 292 g/mol. The molecule has 1 rings (SSSR count). The van der Waals surface area contributed by atoms with Crippen molar-refractivity contribution in [1.82, 2.24) is 19.8 Å². The van der Waals surface area contributed by atoms with E-state index in [-0.39, 0.29) is 17.3 Å². The van der Waals surface area contributed by atoms with Gasteiger partial charge in [-0.25, -0.2) is 13.1 Å². The third-order valence-corrected chi connectivity index (χ3v) is 4.95. The Labute approximate surface area is 126 Å². The van der Waals surface area contributed by atoms with Crippen molar-refractivity contribution >= 4 is 15.9 Å². The van der Waals surface area contributed by atoms with Gasteiger partial charge >= 0.3 is 0 Å². The average Bonchev–Trinajstić information content (AvgIpc) is 2.73. The van der Waals surface area contributed by atoms with E-state index in [0.29, 0.717) is 24.5 Å². The topological polar surface area (TPSA) is 95.2 Å². The van der Waals surface area contributed by atoms with E-state index in [1.807, 2.05) is 6.92 Å². The van der Waals surface area contributed by atoms with Crippen LogP contribution in [0.5, 0.6) is 0 Å². The molecule has 0 radical (unpaired) electrons. The quantitative estimate of drug-likeness (QED) is 0.746. The molecule has 21 heavy (non-hydrogen) atoms. The molecule has 0 spiro atoms. The summed E-state index contributed by atoms with van der Waals surface area (Å²) in [6.07, 6.45) is 1.90. The molecule has 0 unspecified atom stereocenters. The summed E-state index contributed by atoms with van der Waals surface area (Å²) >= 11 is 0. The molecule has 1 aromatic rings. The Morgan fingerprint density at radius 1 is 1.33 bits per heavy atom. The molecule has 0 saturated heterocycles. The molecule has 0 aliphatic rings. The number of nitrogens with zero attached hydrogens (tertiary/aromatic N) is 2. The van der Waals surface area contributed by atoms with E-state index in [1.165, 1.54) is 6.92 Å². The molecule has 1 heterocycles. The van der Waals surface area contributed by atoms with E-state index in [2.05, 4.69) is 14.9 Å². The molecule has 0 atom stereocenters. The third kappa shape index (κ3) is 4.82. The van der Waals surface area contributed by atoms with E-state index < -0.39 is 10.0 Å². The number of aromatic amines is 1. The fourth-order valence-corrected chi connectivity index (χ4v) is 3.49. The fraction of sp³-hybridized carbons (Fsp3) is 0.692. The second-order valence-electron chi connectivity index (χ2n) is 5.02. The molecule has 120 valence electrons. The first kappa shape index (κ1) is 17.6. The molecular formula is C13H24N4O3S. The van der Waals surface area contributed by atoms with Crippen molar-refractivity contribution < 1.29 is 13.2 Å². The van der Waals surface area contributed by atoms with Crippen molar-refractivity contribution in [2.45, 2.75) is 45.4 Å². The fourth-order valence-electron chi connectivity index (χ4n) is 2.10. The highest BCUT2D eigenvalue weighted by molar-refractivity contribution is 7.89. The van der Waals surface area contributed by atoms with E-state index in [4.69, 9.17) is 0 Å². The molecule has 0 fully saturated rings. The summed E-state index contributed by atoms with van der Waals surface area (Å²) in [5.74, 6) is -0.0432. The van der Waals surface area contributed by atoms with Crippen LogP contribution in [0.3, 0.4) is 0 Å². The molecule has 7 nitrogen and oxygen atoms in total. The monoisotopic (exact) mass is 316 g/mol. The largest absolute Gasteiger partial charge is 0.342 e. The van der Waals surface area contributed by atoms with Gasteiger partial charge in [0.05, 0.1) is 11.4 Å². The number of amides is 1. The zero-order chi connectivity index (χ0) is 16.0. The molecule has 1 aromatic heterocycles. The van der Waals surface area contributed by atoms with Gasteiger partial charge in [-0.3, -0.25) is 9.89 Å². The van der Waals surface area contributed by atoms with Crippen LogP contribution in [0.1, 0.15) is 38.1 Å². The van der Waals surface area contributed by atoms with Gasteiger partial charge in [-0.2, -0.15) is 5.10 Å². The molecule has 2 N–H and O–H groups in total. The Kier molecular flexibility index (Phi) is 6.35. The van der Waals surface area contributed by atoms with Crippen LogP contribution < -0.4 is 4.72 Å². The van der Waals surface area contributed by atoms with Crippen LogP contribution in [0.15, 0.2) is 4.90 Å². The zero-order valence-electron chi connectivity index (χ0n) is 13.1. The van der Waals surface area contributed by atoms with Crippen LogP contribution in [0.25, 0.3) is 0 Å². The summed E-state index contributed by atoms with van der Waals surface area (Å²) in [7, 11) is -3.60. The maximum atomic E-state index is 12.2. The summed E-state index contributed by atoms with van der Waals surface area (Å²) in [4.78, 5) is 13.3. The minimum absolute atomic E-state index is 0.0432. The van der Waals surface area contributed by atoms with Gasteiger partial charge in [-0.05, 0) is 20.3 Å². The highest BCUT2D eigenvalue weighted by atomic mass is 32.2. The lowest BCUT2D eigenvalue weighted by atomic mass is 10.3. The number of unbranched alkanes of at least 4 members (excludes halogenated alkanes) is 1. The van der Waals surface area contributed by atoms with Gasteiger partial charge in [0.1, 0.15) is 4.90 Å². The molecule has 0 aliphatic carbocycles. The van der Waals surface area contributed by atoms with Crippen molar-refractivity contribution in [3.05, 3.63) is 11.4 Å². The standard InChI is InChI=1S/C13H24N4O3S/c1-5-6-8-17(12(4)18)9-7-14-21(19,20)13-10(2)15-16-11(13)3/h14H,5-9H2,1-4H3,(H,15,16). The maximum Gasteiger partial charge on any atom is 0.244 e. The van der Waals surface area contributed by atoms with Gasteiger partial charge in [0.25, 0.3) is 0 Å². The van der Waals surface area contributed by atoms with Crippen molar-refractivity contribution in [3.63, 3.8) is 0 Å². The number of aromatic nitrogens is 2. The number of carbonyl (C=O) groups excluding carboxylic acids is 1. The van der Waals surface area contributed by atoms with Gasteiger partial charge in [-0.1, -0.05) is 13.3 Å². The average molecular weight is 316 g/mol. The van der Waals surface area contributed by atoms with Crippen molar-refractivity contribution in [2.75, 3.05) is 19.6 Å². The van der Waals surface area contributed by atoms with Crippen molar-refractivity contribution in [2.24, 2.45) is 0 Å². The number of hydrogen-bond acceptors (Lipinski definition) is 4. The van der Waals surface area contributed by atoms with Gasteiger partial charge in [-0.15, -0.1) is 0 Å². The van der Waals surface area contributed by atoms with E-state index >= 15 is 0 Å². The summed E-state index contributed by atoms with van der Waals surface area (Å²) in [6, 6.07) is 0. The third-order valence-electron chi connectivity index (χ3n) is 3.23. The lowest BCUT2D eigenvalue weighted by molar-refractivity contribution is -0.128. The van der Waals surface area contributed by atoms with Crippen LogP contribution in [-0.2, 0) is 14.8 Å². The SMILES string of the molecule is CCCCN(CCNS(=O)(=O)c1c(C)n[nH]c1C)C(C)=O. The Morgan fingerprint density at radius 3 is 2.48 bits per heavy atom. The number of carbonyl (C=O) groups is 1. The maximum absolute atomic E-state index is 12.2. The number of sulfonamides is 1. The minimum atomic E-state index is -3.60. The zero-order valence-corrected chi connectivity index (χ0v) is 13.9. The van der Waals surface area contributed by atoms with Gasteiger partial charge in [0, 0.05) is 26.6 Å².